The van der Waals surface area contributed by atoms with Gasteiger partial charge in [-0.3, -0.25) is 10.1 Å². The van der Waals surface area contributed by atoms with Crippen LogP contribution < -0.4 is 14.8 Å². The van der Waals surface area contributed by atoms with Gasteiger partial charge in [0.1, 0.15) is 19.8 Å². The zero-order valence-electron chi connectivity index (χ0n) is 15.1. The predicted octanol–water partition coefficient (Wildman–Crippen LogP) is 2.01. The fourth-order valence-corrected chi connectivity index (χ4v) is 2.33. The third-order valence-electron chi connectivity index (χ3n) is 3.88. The molecule has 2 rings (SSSR count). The number of ether oxygens (including phenoxy) is 5. The van der Waals surface area contributed by atoms with E-state index >= 15 is 0 Å². The van der Waals surface area contributed by atoms with Gasteiger partial charge in [-0.1, -0.05) is 6.92 Å². The number of nitrogens with zero attached hydrogens (tertiary/aromatic N) is 1. The Hall–Kier alpha value is -3.24. The van der Waals surface area contributed by atoms with Crippen LogP contribution in [0.1, 0.15) is 12.5 Å². The first-order chi connectivity index (χ1) is 12.8. The van der Waals surface area contributed by atoms with Crippen molar-refractivity contribution in [3.05, 3.63) is 27.8 Å². The molecule has 1 amide bonds. The van der Waals surface area contributed by atoms with E-state index in [1.807, 2.05) is 0 Å². The van der Waals surface area contributed by atoms with Crippen molar-refractivity contribution >= 4 is 17.9 Å². The first-order valence-electron chi connectivity index (χ1n) is 7.87. The largest absolute Gasteiger partial charge is 0.508 e. The molecule has 1 aromatic carbocycles. The zero-order chi connectivity index (χ0) is 20.0. The Labute approximate surface area is 154 Å². The lowest BCUT2D eigenvalue weighted by molar-refractivity contribution is -0.385. The number of alkyl carbamates (subject to hydrolysis) is 1. The molecule has 0 aromatic heterocycles. The van der Waals surface area contributed by atoms with Crippen LogP contribution in [0.5, 0.6) is 11.5 Å². The van der Waals surface area contributed by atoms with Gasteiger partial charge in [-0.25, -0.2) is 9.59 Å². The van der Waals surface area contributed by atoms with Crippen molar-refractivity contribution in [1.82, 2.24) is 5.32 Å². The number of carbonyl (C=O) groups excluding carboxylic acids is 2. The van der Waals surface area contributed by atoms with E-state index in [1.54, 1.807) is 6.92 Å². The van der Waals surface area contributed by atoms with Gasteiger partial charge in [0.25, 0.3) is 5.69 Å². The van der Waals surface area contributed by atoms with Crippen LogP contribution in [0.25, 0.3) is 0 Å². The number of nitrogens with one attached hydrogen (secondary N) is 1. The first-order valence-corrected chi connectivity index (χ1v) is 7.87. The summed E-state index contributed by atoms with van der Waals surface area (Å²) >= 11 is 0. The molecule has 0 atom stereocenters. The van der Waals surface area contributed by atoms with Crippen molar-refractivity contribution in [2.24, 2.45) is 5.41 Å². The van der Waals surface area contributed by atoms with Crippen LogP contribution in [0.2, 0.25) is 0 Å². The number of amides is 1. The second-order valence-electron chi connectivity index (χ2n) is 6.16. The molecule has 1 saturated heterocycles. The SMILES string of the molecule is COc1cc(COC(=O)NCC2(C)COC(=O)OC2)c([N+](=O)[O-])cc1OC. The number of nitro groups is 1. The minimum atomic E-state index is -0.780. The lowest BCUT2D eigenvalue weighted by Crippen LogP contribution is -2.45. The van der Waals surface area contributed by atoms with E-state index < -0.39 is 22.6 Å². The van der Waals surface area contributed by atoms with Crippen LogP contribution >= 0.6 is 0 Å². The Bertz CT molecular complexity index is 725. The zero-order valence-corrected chi connectivity index (χ0v) is 15.1. The molecule has 11 nitrogen and oxygen atoms in total. The van der Waals surface area contributed by atoms with E-state index in [4.69, 9.17) is 23.7 Å². The Morgan fingerprint density at radius 1 is 1.26 bits per heavy atom. The molecule has 1 fully saturated rings. The number of hydrogen-bond acceptors (Lipinski definition) is 9. The number of methoxy groups -OCH3 is 2. The number of cyclic esters (lactones) is 2. The number of nitro benzene ring substituents is 1. The average molecular weight is 384 g/mol. The Morgan fingerprint density at radius 2 is 1.85 bits per heavy atom. The van der Waals surface area contributed by atoms with Crippen LogP contribution in [0.15, 0.2) is 12.1 Å². The maximum atomic E-state index is 11.9. The van der Waals surface area contributed by atoms with Crippen molar-refractivity contribution in [3.8, 4) is 11.5 Å². The average Bonchev–Trinajstić information content (AvgIpc) is 2.66. The second kappa shape index (κ2) is 8.43. The molecule has 0 saturated carbocycles. The molecule has 0 spiro atoms. The van der Waals surface area contributed by atoms with Gasteiger partial charge >= 0.3 is 12.2 Å². The number of carbonyl (C=O) groups is 2. The third kappa shape index (κ3) is 5.12. The summed E-state index contributed by atoms with van der Waals surface area (Å²) in [6.45, 7) is 1.73. The number of rotatable bonds is 7. The van der Waals surface area contributed by atoms with Gasteiger partial charge < -0.3 is 29.0 Å². The molecule has 11 heteroatoms. The summed E-state index contributed by atoms with van der Waals surface area (Å²) in [5, 5.41) is 13.8. The summed E-state index contributed by atoms with van der Waals surface area (Å²) in [6.07, 6.45) is -1.53. The van der Waals surface area contributed by atoms with Gasteiger partial charge in [0.15, 0.2) is 11.5 Å². The fourth-order valence-electron chi connectivity index (χ4n) is 2.33. The summed E-state index contributed by atoms with van der Waals surface area (Å²) in [6, 6.07) is 2.57. The van der Waals surface area contributed by atoms with Crippen LogP contribution in [0.4, 0.5) is 15.3 Å². The molecule has 1 aromatic rings. The van der Waals surface area contributed by atoms with Crippen LogP contribution in [0, 0.1) is 15.5 Å². The molecule has 1 aliphatic rings. The molecule has 0 bridgehead atoms. The monoisotopic (exact) mass is 384 g/mol. The highest BCUT2D eigenvalue weighted by Crippen LogP contribution is 2.34. The number of benzene rings is 1. The van der Waals surface area contributed by atoms with Gasteiger partial charge in [0.05, 0.1) is 36.2 Å². The molecule has 1 N–H and O–H groups in total. The Balaban J connectivity index is 1.98. The molecule has 148 valence electrons. The van der Waals surface area contributed by atoms with Crippen molar-refractivity contribution in [1.29, 1.82) is 0 Å². The Morgan fingerprint density at radius 3 is 2.41 bits per heavy atom. The van der Waals surface area contributed by atoms with Crippen molar-refractivity contribution in [2.75, 3.05) is 34.0 Å². The van der Waals surface area contributed by atoms with Crippen LogP contribution in [0.3, 0.4) is 0 Å². The topological polar surface area (TPSA) is 135 Å². The standard InChI is InChI=1S/C16H20N2O9/c1-16(8-26-15(20)27-9-16)7-17-14(19)25-6-10-4-12(23-2)13(24-3)5-11(10)18(21)22/h4-5H,6-9H2,1-3H3,(H,17,19). The highest BCUT2D eigenvalue weighted by atomic mass is 16.7. The highest BCUT2D eigenvalue weighted by Gasteiger charge is 2.33. The maximum absolute atomic E-state index is 11.9. The van der Waals surface area contributed by atoms with Gasteiger partial charge in [-0.05, 0) is 6.07 Å². The lowest BCUT2D eigenvalue weighted by atomic mass is 9.92. The summed E-state index contributed by atoms with van der Waals surface area (Å²) < 4.78 is 24.8. The number of hydrogen-bond donors (Lipinski definition) is 1. The van der Waals surface area contributed by atoms with Crippen LogP contribution in [-0.4, -0.2) is 51.2 Å². The van der Waals surface area contributed by atoms with Gasteiger partial charge in [0, 0.05) is 6.54 Å². The maximum Gasteiger partial charge on any atom is 0.508 e. The van der Waals surface area contributed by atoms with Crippen LogP contribution in [-0.2, 0) is 20.8 Å². The van der Waals surface area contributed by atoms with Crippen molar-refractivity contribution in [3.63, 3.8) is 0 Å². The molecule has 0 radical (unpaired) electrons. The predicted molar refractivity (Wildman–Crippen MR) is 89.8 cm³/mol. The first kappa shape index (κ1) is 20.1. The Kier molecular flexibility index (Phi) is 6.27. The van der Waals surface area contributed by atoms with Gasteiger partial charge in [-0.15, -0.1) is 0 Å². The summed E-state index contributed by atoms with van der Waals surface area (Å²) in [7, 11) is 2.75. The fraction of sp³-hybridized carbons (Fsp3) is 0.500. The summed E-state index contributed by atoms with van der Waals surface area (Å²) in [4.78, 5) is 33.4. The highest BCUT2D eigenvalue weighted by molar-refractivity contribution is 5.67. The van der Waals surface area contributed by atoms with Crippen molar-refractivity contribution in [2.45, 2.75) is 13.5 Å². The van der Waals surface area contributed by atoms with E-state index in [-0.39, 0.29) is 49.1 Å². The molecule has 1 heterocycles. The van der Waals surface area contributed by atoms with Gasteiger partial charge in [-0.2, -0.15) is 0 Å². The van der Waals surface area contributed by atoms with Gasteiger partial charge in [0.2, 0.25) is 0 Å². The minimum absolute atomic E-state index is 0.0905. The summed E-state index contributed by atoms with van der Waals surface area (Å²) in [5.74, 6) is 0.466. The van der Waals surface area contributed by atoms with E-state index in [0.29, 0.717) is 0 Å². The molecule has 1 aliphatic heterocycles. The van der Waals surface area contributed by atoms with E-state index in [9.17, 15) is 19.7 Å². The molecular formula is C16H20N2O9. The lowest BCUT2D eigenvalue weighted by Gasteiger charge is -2.31. The second-order valence-corrected chi connectivity index (χ2v) is 6.16. The van der Waals surface area contributed by atoms with E-state index in [0.717, 1.165) is 0 Å². The van der Waals surface area contributed by atoms with E-state index in [1.165, 1.54) is 26.4 Å². The molecular weight excluding hydrogens is 364 g/mol. The van der Waals surface area contributed by atoms with E-state index in [2.05, 4.69) is 5.32 Å². The normalized spacial score (nSPS) is 15.1. The molecule has 0 unspecified atom stereocenters. The third-order valence-corrected chi connectivity index (χ3v) is 3.88. The summed E-state index contributed by atoms with van der Waals surface area (Å²) in [5.41, 5.74) is -0.712. The smallest absolute Gasteiger partial charge is 0.493 e. The molecule has 27 heavy (non-hydrogen) atoms. The minimum Gasteiger partial charge on any atom is -0.493 e. The quantitative estimate of drug-likeness (QED) is 0.425. The van der Waals surface area contributed by atoms with Crippen molar-refractivity contribution < 1.29 is 38.2 Å². The molecule has 0 aliphatic carbocycles.